The highest BCUT2D eigenvalue weighted by Gasteiger charge is 2.31. The van der Waals surface area contributed by atoms with Crippen molar-refractivity contribution in [1.82, 2.24) is 0 Å². The first kappa shape index (κ1) is 53.5. The van der Waals surface area contributed by atoms with E-state index >= 15 is 0 Å². The Balaban J connectivity index is 4.43. The van der Waals surface area contributed by atoms with E-state index in [4.69, 9.17) is 14.2 Å². The Labute approximate surface area is 348 Å². The molecular formula is C49H82NO7+. The maximum atomic E-state index is 12.7. The van der Waals surface area contributed by atoms with Crippen LogP contribution in [0.25, 0.3) is 0 Å². The summed E-state index contributed by atoms with van der Waals surface area (Å²) in [5.74, 6) is -1.56. The standard InChI is InChI=1S/C49H81NO7/c1-6-8-10-12-14-16-18-19-20-21-22-23-24-25-26-27-28-29-30-32-34-36-38-40-48(52)57-45(43-55-42-41-46(49(53)54)50(3,4)5)44-56-47(51)39-37-35-33-31-17-15-13-11-9-7-2/h8,10,14,16,19-20,22-23,25-26,28-29,32,34,45-46H,6-7,9,11-13,15,17-18,21,24,27,30-31,33,35-44H2,1-5H3/p+1/b10-8+,16-14+,20-19+,23-22+,26-25+,29-28+,34-32+. The minimum Gasteiger partial charge on any atom is -0.477 e. The van der Waals surface area contributed by atoms with Crippen molar-refractivity contribution in [3.8, 4) is 0 Å². The third-order valence-electron chi connectivity index (χ3n) is 9.31. The van der Waals surface area contributed by atoms with Crippen molar-refractivity contribution in [2.75, 3.05) is 41.0 Å². The number of carboxylic acid groups (broad SMARTS) is 1. The van der Waals surface area contributed by atoms with Crippen LogP contribution in [0.15, 0.2) is 85.1 Å². The molecule has 8 nitrogen and oxygen atoms in total. The Bertz CT molecular complexity index is 1200. The quantitative estimate of drug-likeness (QED) is 0.0287. The number of ether oxygens (including phenoxy) is 3. The number of rotatable bonds is 38. The summed E-state index contributed by atoms with van der Waals surface area (Å²) in [6, 6.07) is -0.627. The van der Waals surface area contributed by atoms with Gasteiger partial charge in [0.25, 0.3) is 0 Å². The Kier molecular flexibility index (Phi) is 36.9. The zero-order chi connectivity index (χ0) is 42.1. The fraction of sp³-hybridized carbons (Fsp3) is 0.653. The summed E-state index contributed by atoms with van der Waals surface area (Å²) in [7, 11) is 5.49. The summed E-state index contributed by atoms with van der Waals surface area (Å²) in [6.45, 7) is 4.53. The van der Waals surface area contributed by atoms with Gasteiger partial charge in [0, 0.05) is 19.3 Å². The van der Waals surface area contributed by atoms with Crippen molar-refractivity contribution in [2.45, 2.75) is 167 Å². The molecule has 0 aliphatic rings. The van der Waals surface area contributed by atoms with Gasteiger partial charge in [0.05, 0.1) is 34.4 Å². The first-order valence-corrected chi connectivity index (χ1v) is 22.1. The molecule has 1 N–H and O–H groups in total. The lowest BCUT2D eigenvalue weighted by Crippen LogP contribution is -2.50. The zero-order valence-corrected chi connectivity index (χ0v) is 36.8. The monoisotopic (exact) mass is 797 g/mol. The van der Waals surface area contributed by atoms with Gasteiger partial charge < -0.3 is 23.8 Å². The summed E-state index contributed by atoms with van der Waals surface area (Å²) >= 11 is 0. The lowest BCUT2D eigenvalue weighted by Gasteiger charge is -2.31. The normalized spacial score (nSPS) is 13.8. The molecule has 8 heteroatoms. The second-order valence-electron chi connectivity index (χ2n) is 15.6. The molecule has 0 bridgehead atoms. The molecule has 0 aromatic rings. The molecule has 0 aliphatic carbocycles. The summed E-state index contributed by atoms with van der Waals surface area (Å²) < 4.78 is 17.2. The first-order valence-electron chi connectivity index (χ1n) is 22.1. The first-order chi connectivity index (χ1) is 27.6. The average molecular weight is 797 g/mol. The Hall–Kier alpha value is -3.49. The molecular weight excluding hydrogens is 715 g/mol. The van der Waals surface area contributed by atoms with Gasteiger partial charge in [-0.05, 0) is 64.2 Å². The summed E-state index contributed by atoms with van der Waals surface area (Å²) in [4.78, 5) is 36.9. The molecule has 0 saturated heterocycles. The van der Waals surface area contributed by atoms with Crippen LogP contribution in [-0.2, 0) is 28.6 Å². The second kappa shape index (κ2) is 39.3. The fourth-order valence-corrected chi connectivity index (χ4v) is 5.90. The van der Waals surface area contributed by atoms with Crippen LogP contribution in [0.5, 0.6) is 0 Å². The highest BCUT2D eigenvalue weighted by Crippen LogP contribution is 2.13. The number of carboxylic acids is 1. The summed E-state index contributed by atoms with van der Waals surface area (Å²) in [5, 5.41) is 9.61. The third-order valence-corrected chi connectivity index (χ3v) is 9.31. The molecule has 0 heterocycles. The number of carbonyl (C=O) groups excluding carboxylic acids is 2. The molecule has 0 fully saturated rings. The van der Waals surface area contributed by atoms with Crippen LogP contribution in [0.3, 0.4) is 0 Å². The van der Waals surface area contributed by atoms with Gasteiger partial charge in [-0.25, -0.2) is 4.79 Å². The average Bonchev–Trinajstić information content (AvgIpc) is 3.17. The number of aliphatic carboxylic acids is 1. The zero-order valence-electron chi connectivity index (χ0n) is 36.8. The number of allylic oxidation sites excluding steroid dienone is 14. The molecule has 324 valence electrons. The van der Waals surface area contributed by atoms with Gasteiger partial charge >= 0.3 is 17.9 Å². The van der Waals surface area contributed by atoms with Crippen LogP contribution in [0, 0.1) is 0 Å². The lowest BCUT2D eigenvalue weighted by atomic mass is 10.1. The fourth-order valence-electron chi connectivity index (χ4n) is 5.90. The van der Waals surface area contributed by atoms with Crippen molar-refractivity contribution in [2.24, 2.45) is 0 Å². The Morgan fingerprint density at radius 2 is 0.982 bits per heavy atom. The van der Waals surface area contributed by atoms with E-state index in [0.29, 0.717) is 19.3 Å². The van der Waals surface area contributed by atoms with Crippen molar-refractivity contribution < 1.29 is 38.2 Å². The van der Waals surface area contributed by atoms with Gasteiger partial charge in [0.2, 0.25) is 0 Å². The number of nitrogens with zero attached hydrogens (tertiary/aromatic N) is 1. The smallest absolute Gasteiger partial charge is 0.362 e. The van der Waals surface area contributed by atoms with Crippen molar-refractivity contribution in [3.05, 3.63) is 85.1 Å². The molecule has 0 rings (SSSR count). The van der Waals surface area contributed by atoms with Crippen LogP contribution in [0.1, 0.15) is 155 Å². The molecule has 57 heavy (non-hydrogen) atoms. The van der Waals surface area contributed by atoms with E-state index in [-0.39, 0.29) is 42.7 Å². The highest BCUT2D eigenvalue weighted by atomic mass is 16.6. The van der Waals surface area contributed by atoms with E-state index in [1.165, 1.54) is 44.9 Å². The summed E-state index contributed by atoms with van der Waals surface area (Å²) in [5.41, 5.74) is 0. The topological polar surface area (TPSA) is 99.1 Å². The third kappa shape index (κ3) is 37.8. The number of quaternary nitrogens is 1. The Morgan fingerprint density at radius 1 is 0.544 bits per heavy atom. The largest absolute Gasteiger partial charge is 0.477 e. The SMILES string of the molecule is CC/C=C/C/C=C/C/C=C/C/C=C/C/C=C/C/C=C/C/C=C/CCCC(=O)OC(COCCC(C(=O)O)[N+](C)(C)C)COC(=O)CCCCCCCCCCCC. The molecule has 0 aliphatic heterocycles. The van der Waals surface area contributed by atoms with Crippen LogP contribution >= 0.6 is 0 Å². The highest BCUT2D eigenvalue weighted by molar-refractivity contribution is 5.72. The molecule has 2 atom stereocenters. The van der Waals surface area contributed by atoms with E-state index in [0.717, 1.165) is 70.6 Å². The number of carbonyl (C=O) groups is 3. The summed E-state index contributed by atoms with van der Waals surface area (Å²) in [6.07, 6.45) is 50.7. The lowest BCUT2D eigenvalue weighted by molar-refractivity contribution is -0.887. The van der Waals surface area contributed by atoms with E-state index in [1.54, 1.807) is 0 Å². The molecule has 0 spiro atoms. The van der Waals surface area contributed by atoms with Gasteiger partial charge in [-0.15, -0.1) is 0 Å². The van der Waals surface area contributed by atoms with Gasteiger partial charge in [0.15, 0.2) is 12.1 Å². The van der Waals surface area contributed by atoms with Crippen molar-refractivity contribution in [1.29, 1.82) is 0 Å². The predicted octanol–water partition coefficient (Wildman–Crippen LogP) is 12.1. The van der Waals surface area contributed by atoms with Crippen molar-refractivity contribution in [3.63, 3.8) is 0 Å². The maximum absolute atomic E-state index is 12.7. The number of esters is 2. The van der Waals surface area contributed by atoms with Gasteiger partial charge in [0.1, 0.15) is 6.61 Å². The minimum atomic E-state index is -0.888. The van der Waals surface area contributed by atoms with E-state index in [1.807, 2.05) is 21.1 Å². The maximum Gasteiger partial charge on any atom is 0.362 e. The van der Waals surface area contributed by atoms with Crippen LogP contribution in [0.4, 0.5) is 0 Å². The van der Waals surface area contributed by atoms with Crippen molar-refractivity contribution >= 4 is 17.9 Å². The number of likely N-dealkylation sites (N-methyl/N-ethyl adjacent to an activating group) is 1. The molecule has 0 aromatic carbocycles. The van der Waals surface area contributed by atoms with E-state index < -0.39 is 18.1 Å². The van der Waals surface area contributed by atoms with E-state index in [9.17, 15) is 19.5 Å². The number of unbranched alkanes of at least 4 members (excludes halogenated alkanes) is 10. The van der Waals surface area contributed by atoms with Gasteiger partial charge in [-0.2, -0.15) is 0 Å². The number of hydrogen-bond donors (Lipinski definition) is 1. The molecule has 0 saturated carbocycles. The molecule has 0 aromatic heterocycles. The van der Waals surface area contributed by atoms with Gasteiger partial charge in [-0.1, -0.05) is 157 Å². The van der Waals surface area contributed by atoms with Gasteiger partial charge in [-0.3, -0.25) is 9.59 Å². The van der Waals surface area contributed by atoms with Crippen LogP contribution in [-0.4, -0.2) is 80.6 Å². The van der Waals surface area contributed by atoms with E-state index in [2.05, 4.69) is 98.9 Å². The minimum absolute atomic E-state index is 0.0343. The number of hydrogen-bond acceptors (Lipinski definition) is 6. The molecule has 0 amide bonds. The van der Waals surface area contributed by atoms with Crippen LogP contribution < -0.4 is 0 Å². The predicted molar refractivity (Wildman–Crippen MR) is 238 cm³/mol. The molecule has 0 radical (unpaired) electrons. The molecule has 2 unspecified atom stereocenters. The van der Waals surface area contributed by atoms with Crippen LogP contribution in [0.2, 0.25) is 0 Å². The second-order valence-corrected chi connectivity index (χ2v) is 15.6. The Morgan fingerprint density at radius 3 is 1.44 bits per heavy atom.